The van der Waals surface area contributed by atoms with Gasteiger partial charge in [0.05, 0.1) is 27.0 Å². The minimum Gasteiger partial charge on any atom is -0.497 e. The number of hydrogen-bond acceptors (Lipinski definition) is 7. The number of amides is 1. The largest absolute Gasteiger partial charge is 0.497 e. The number of methoxy groups -OCH3 is 3. The molecule has 1 aromatic heterocycles. The van der Waals surface area contributed by atoms with Crippen molar-refractivity contribution >= 4 is 11.6 Å². The van der Waals surface area contributed by atoms with Crippen LogP contribution in [0.1, 0.15) is 12.3 Å². The lowest BCUT2D eigenvalue weighted by Crippen LogP contribution is -2.13. The van der Waals surface area contributed by atoms with Crippen molar-refractivity contribution < 1.29 is 23.4 Å². The van der Waals surface area contributed by atoms with Crippen molar-refractivity contribution in [2.75, 3.05) is 26.6 Å². The van der Waals surface area contributed by atoms with Crippen molar-refractivity contribution in [2.45, 2.75) is 12.8 Å². The second-order valence-corrected chi connectivity index (χ2v) is 5.84. The Balaban J connectivity index is 1.58. The summed E-state index contributed by atoms with van der Waals surface area (Å²) in [5.74, 6) is 2.51. The monoisotopic (exact) mass is 383 g/mol. The summed E-state index contributed by atoms with van der Waals surface area (Å²) in [6.45, 7) is 0. The normalized spacial score (nSPS) is 10.4. The lowest BCUT2D eigenvalue weighted by molar-refractivity contribution is -0.116. The zero-order chi connectivity index (χ0) is 19.9. The van der Waals surface area contributed by atoms with Gasteiger partial charge in [-0.05, 0) is 36.4 Å². The van der Waals surface area contributed by atoms with Crippen molar-refractivity contribution in [1.29, 1.82) is 0 Å². The van der Waals surface area contributed by atoms with E-state index in [1.807, 2.05) is 24.3 Å². The predicted molar refractivity (Wildman–Crippen MR) is 103 cm³/mol. The second kappa shape index (κ2) is 8.90. The van der Waals surface area contributed by atoms with Crippen molar-refractivity contribution in [2.24, 2.45) is 0 Å². The van der Waals surface area contributed by atoms with Crippen molar-refractivity contribution in [1.82, 2.24) is 10.2 Å². The number of carbonyl (C=O) groups excluding carboxylic acids is 1. The van der Waals surface area contributed by atoms with E-state index in [0.29, 0.717) is 35.4 Å². The summed E-state index contributed by atoms with van der Waals surface area (Å²) in [5, 5.41) is 10.8. The molecular formula is C20H21N3O5. The van der Waals surface area contributed by atoms with Gasteiger partial charge in [-0.25, -0.2) is 0 Å². The molecule has 0 aliphatic carbocycles. The summed E-state index contributed by atoms with van der Waals surface area (Å²) in [6, 6.07) is 12.5. The third kappa shape index (κ3) is 4.59. The fourth-order valence-corrected chi connectivity index (χ4v) is 2.54. The maximum absolute atomic E-state index is 12.3. The maximum atomic E-state index is 12.3. The van der Waals surface area contributed by atoms with Crippen LogP contribution in [0.5, 0.6) is 17.2 Å². The van der Waals surface area contributed by atoms with E-state index in [1.54, 1.807) is 32.4 Å². The number of hydrogen-bond donors (Lipinski definition) is 1. The van der Waals surface area contributed by atoms with Crippen LogP contribution < -0.4 is 19.5 Å². The van der Waals surface area contributed by atoms with Gasteiger partial charge >= 0.3 is 0 Å². The molecule has 0 bridgehead atoms. The van der Waals surface area contributed by atoms with Crippen LogP contribution in [0.2, 0.25) is 0 Å². The van der Waals surface area contributed by atoms with Crippen molar-refractivity contribution in [3.8, 4) is 28.7 Å². The van der Waals surface area contributed by atoms with Crippen LogP contribution in [0, 0.1) is 0 Å². The van der Waals surface area contributed by atoms with Crippen LogP contribution in [-0.2, 0) is 11.2 Å². The molecule has 8 nitrogen and oxygen atoms in total. The molecule has 3 rings (SSSR count). The number of nitrogens with zero attached hydrogens (tertiary/aromatic N) is 2. The van der Waals surface area contributed by atoms with Gasteiger partial charge in [-0.15, -0.1) is 10.2 Å². The molecule has 0 aliphatic rings. The molecule has 8 heteroatoms. The average Bonchev–Trinajstić information content (AvgIpc) is 3.21. The smallest absolute Gasteiger partial charge is 0.247 e. The van der Waals surface area contributed by atoms with E-state index < -0.39 is 0 Å². The summed E-state index contributed by atoms with van der Waals surface area (Å²) in [6.07, 6.45) is 0.521. The molecule has 2 aromatic carbocycles. The highest BCUT2D eigenvalue weighted by Gasteiger charge is 2.13. The van der Waals surface area contributed by atoms with E-state index in [9.17, 15) is 4.79 Å². The van der Waals surface area contributed by atoms with E-state index in [4.69, 9.17) is 18.6 Å². The van der Waals surface area contributed by atoms with Gasteiger partial charge in [-0.2, -0.15) is 0 Å². The molecule has 146 valence electrons. The molecule has 0 spiro atoms. The molecule has 0 saturated heterocycles. The molecule has 0 fully saturated rings. The van der Waals surface area contributed by atoms with E-state index >= 15 is 0 Å². The lowest BCUT2D eigenvalue weighted by atomic mass is 10.2. The maximum Gasteiger partial charge on any atom is 0.247 e. The van der Waals surface area contributed by atoms with Gasteiger partial charge in [0, 0.05) is 24.5 Å². The van der Waals surface area contributed by atoms with Gasteiger partial charge in [0.15, 0.2) is 0 Å². The molecule has 0 saturated carbocycles. The number of rotatable bonds is 8. The zero-order valence-electron chi connectivity index (χ0n) is 15.9. The van der Waals surface area contributed by atoms with Crippen LogP contribution in [0.4, 0.5) is 5.69 Å². The number of nitrogens with one attached hydrogen (secondary N) is 1. The topological polar surface area (TPSA) is 95.7 Å². The number of ether oxygens (including phenoxy) is 3. The third-order valence-corrected chi connectivity index (χ3v) is 4.05. The van der Waals surface area contributed by atoms with E-state index in [-0.39, 0.29) is 12.3 Å². The number of aryl methyl sites for hydroxylation is 1. The Bertz CT molecular complexity index is 937. The fraction of sp³-hybridized carbons (Fsp3) is 0.250. The zero-order valence-corrected chi connectivity index (χ0v) is 15.9. The van der Waals surface area contributed by atoms with Gasteiger partial charge in [-0.1, -0.05) is 0 Å². The Morgan fingerprint density at radius 3 is 2.36 bits per heavy atom. The fourth-order valence-electron chi connectivity index (χ4n) is 2.54. The average molecular weight is 383 g/mol. The van der Waals surface area contributed by atoms with Gasteiger partial charge in [0.1, 0.15) is 17.2 Å². The molecule has 0 atom stereocenters. The SMILES string of the molecule is COc1ccc(-c2nnc(CCC(=O)Nc3ccc(OC)cc3OC)o2)cc1. The molecule has 1 heterocycles. The van der Waals surface area contributed by atoms with Crippen LogP contribution >= 0.6 is 0 Å². The lowest BCUT2D eigenvalue weighted by Gasteiger charge is -2.11. The molecule has 0 aliphatic heterocycles. The number of carbonyl (C=O) groups is 1. The van der Waals surface area contributed by atoms with Crippen LogP contribution in [-0.4, -0.2) is 37.4 Å². The summed E-state index contributed by atoms with van der Waals surface area (Å²) in [7, 11) is 4.70. The highest BCUT2D eigenvalue weighted by molar-refractivity contribution is 5.92. The summed E-state index contributed by atoms with van der Waals surface area (Å²) in [4.78, 5) is 12.3. The molecule has 28 heavy (non-hydrogen) atoms. The Labute approximate surface area is 162 Å². The molecule has 1 amide bonds. The van der Waals surface area contributed by atoms with E-state index in [0.717, 1.165) is 11.3 Å². The Morgan fingerprint density at radius 1 is 0.964 bits per heavy atom. The molecular weight excluding hydrogens is 362 g/mol. The molecule has 3 aromatic rings. The summed E-state index contributed by atoms with van der Waals surface area (Å²) >= 11 is 0. The minimum atomic E-state index is -0.187. The Kier molecular flexibility index (Phi) is 6.11. The molecule has 0 unspecified atom stereocenters. The first kappa shape index (κ1) is 19.2. The standard InChI is InChI=1S/C20H21N3O5/c1-25-14-6-4-13(5-7-14)20-23-22-19(28-20)11-10-18(24)21-16-9-8-15(26-2)12-17(16)27-3/h4-9,12H,10-11H2,1-3H3,(H,21,24). The first-order valence-corrected chi connectivity index (χ1v) is 8.61. The van der Waals surface area contributed by atoms with Crippen molar-refractivity contribution in [3.05, 3.63) is 48.4 Å². The van der Waals surface area contributed by atoms with Crippen LogP contribution in [0.25, 0.3) is 11.5 Å². The quantitative estimate of drug-likeness (QED) is 0.637. The van der Waals surface area contributed by atoms with Gasteiger partial charge in [0.25, 0.3) is 0 Å². The van der Waals surface area contributed by atoms with Gasteiger partial charge < -0.3 is 23.9 Å². The number of anilines is 1. The third-order valence-electron chi connectivity index (χ3n) is 4.05. The highest BCUT2D eigenvalue weighted by Crippen LogP contribution is 2.29. The first-order valence-electron chi connectivity index (χ1n) is 8.61. The van der Waals surface area contributed by atoms with E-state index in [1.165, 1.54) is 7.11 Å². The molecule has 1 N–H and O–H groups in total. The van der Waals surface area contributed by atoms with E-state index in [2.05, 4.69) is 15.5 Å². The van der Waals surface area contributed by atoms with Crippen molar-refractivity contribution in [3.63, 3.8) is 0 Å². The van der Waals surface area contributed by atoms with Gasteiger partial charge in [0.2, 0.25) is 17.7 Å². The van der Waals surface area contributed by atoms with Crippen LogP contribution in [0.3, 0.4) is 0 Å². The Morgan fingerprint density at radius 2 is 1.68 bits per heavy atom. The Hall–Kier alpha value is -3.55. The number of benzene rings is 2. The predicted octanol–water partition coefficient (Wildman–Crippen LogP) is 3.33. The van der Waals surface area contributed by atoms with Crippen LogP contribution in [0.15, 0.2) is 46.9 Å². The van der Waals surface area contributed by atoms with Gasteiger partial charge in [-0.3, -0.25) is 4.79 Å². The highest BCUT2D eigenvalue weighted by atomic mass is 16.5. The molecule has 0 radical (unpaired) electrons. The second-order valence-electron chi connectivity index (χ2n) is 5.84. The number of aromatic nitrogens is 2. The first-order chi connectivity index (χ1) is 13.6. The summed E-state index contributed by atoms with van der Waals surface area (Å²) < 4.78 is 21.2. The minimum absolute atomic E-state index is 0.187. The summed E-state index contributed by atoms with van der Waals surface area (Å²) in [5.41, 5.74) is 1.35.